The van der Waals surface area contributed by atoms with Crippen LogP contribution in [-0.2, 0) is 0 Å². The first-order valence-electron chi connectivity index (χ1n) is 6.55. The molecular weight excluding hydrogens is 331 g/mol. The topological polar surface area (TPSA) is 66.6 Å². The first-order valence-corrected chi connectivity index (χ1v) is 7.35. The Morgan fingerprint density at radius 3 is 2.85 bits per heavy atom. The van der Waals surface area contributed by atoms with E-state index in [-0.39, 0.29) is 22.8 Å². The Morgan fingerprint density at radius 1 is 1.45 bits per heavy atom. The monoisotopic (exact) mass is 346 g/mol. The molecule has 0 saturated carbocycles. The number of anilines is 1. The normalized spacial score (nSPS) is 19.8. The first-order chi connectivity index (χ1) is 9.54. The highest BCUT2D eigenvalue weighted by Crippen LogP contribution is 2.36. The predicted octanol–water partition coefficient (Wildman–Crippen LogP) is 3.24. The van der Waals surface area contributed by atoms with E-state index in [1.165, 1.54) is 6.07 Å². The van der Waals surface area contributed by atoms with Crippen molar-refractivity contribution in [2.24, 2.45) is 0 Å². The van der Waals surface area contributed by atoms with Crippen molar-refractivity contribution < 1.29 is 14.4 Å². The lowest BCUT2D eigenvalue weighted by Crippen LogP contribution is -2.38. The maximum absolute atomic E-state index is 13.5. The fraction of sp³-hybridized carbons (Fsp3) is 0.538. The Morgan fingerprint density at radius 2 is 2.20 bits per heavy atom. The third-order valence-electron chi connectivity index (χ3n) is 3.61. The summed E-state index contributed by atoms with van der Waals surface area (Å²) in [5.41, 5.74) is 0.107. The zero-order valence-corrected chi connectivity index (χ0v) is 12.5. The van der Waals surface area contributed by atoms with E-state index in [1.54, 1.807) is 0 Å². The maximum Gasteiger partial charge on any atom is 0.295 e. The molecule has 1 atom stereocenters. The molecule has 0 bridgehead atoms. The van der Waals surface area contributed by atoms with E-state index in [0.717, 1.165) is 31.7 Å². The van der Waals surface area contributed by atoms with Crippen LogP contribution in [0.25, 0.3) is 0 Å². The van der Waals surface area contributed by atoms with Gasteiger partial charge in [-0.1, -0.05) is 12.8 Å². The van der Waals surface area contributed by atoms with Crippen LogP contribution in [0.15, 0.2) is 16.6 Å². The minimum atomic E-state index is -0.657. The molecule has 1 fully saturated rings. The van der Waals surface area contributed by atoms with Crippen LogP contribution in [0.1, 0.15) is 25.7 Å². The number of halogens is 2. The number of nitro groups is 1. The molecule has 0 aliphatic carbocycles. The molecule has 110 valence electrons. The van der Waals surface area contributed by atoms with Crippen LogP contribution in [0.4, 0.5) is 15.8 Å². The van der Waals surface area contributed by atoms with Gasteiger partial charge in [-0.15, -0.1) is 0 Å². The van der Waals surface area contributed by atoms with Crippen molar-refractivity contribution in [1.29, 1.82) is 0 Å². The molecule has 0 spiro atoms. The van der Waals surface area contributed by atoms with Crippen LogP contribution in [0.5, 0.6) is 0 Å². The Bertz CT molecular complexity index is 513. The second kappa shape index (κ2) is 6.49. The highest BCUT2D eigenvalue weighted by Gasteiger charge is 2.28. The predicted molar refractivity (Wildman–Crippen MR) is 77.4 cm³/mol. The summed E-state index contributed by atoms with van der Waals surface area (Å²) in [6.07, 6.45) is 3.70. The molecule has 7 heteroatoms. The van der Waals surface area contributed by atoms with E-state index >= 15 is 0 Å². The van der Waals surface area contributed by atoms with Crippen LogP contribution >= 0.6 is 15.9 Å². The molecule has 0 radical (unpaired) electrons. The van der Waals surface area contributed by atoms with Gasteiger partial charge in [-0.2, -0.15) is 0 Å². The van der Waals surface area contributed by atoms with Gasteiger partial charge in [0, 0.05) is 6.54 Å². The number of nitrogens with zero attached hydrogens (tertiary/aromatic N) is 2. The largest absolute Gasteiger partial charge is 0.394 e. The average Bonchev–Trinajstić information content (AvgIpc) is 2.66. The maximum atomic E-state index is 13.5. The molecule has 5 nitrogen and oxygen atoms in total. The van der Waals surface area contributed by atoms with Crippen molar-refractivity contribution in [3.05, 3.63) is 32.5 Å². The van der Waals surface area contributed by atoms with E-state index in [9.17, 15) is 19.6 Å². The zero-order valence-electron chi connectivity index (χ0n) is 10.9. The molecule has 2 rings (SSSR count). The standard InChI is InChI=1S/C13H16BrFN2O3/c14-10-6-12(13(17(19)20)7-11(10)15)16-5-3-1-2-4-9(16)8-18/h6-7,9,18H,1-5,8H2. The van der Waals surface area contributed by atoms with Crippen molar-refractivity contribution in [3.63, 3.8) is 0 Å². The molecule has 1 N–H and O–H groups in total. The van der Waals surface area contributed by atoms with Gasteiger partial charge in [0.1, 0.15) is 11.5 Å². The summed E-state index contributed by atoms with van der Waals surface area (Å²) in [4.78, 5) is 12.4. The Hall–Kier alpha value is -1.21. The van der Waals surface area contributed by atoms with Crippen molar-refractivity contribution in [1.82, 2.24) is 0 Å². The summed E-state index contributed by atoms with van der Waals surface area (Å²) in [6.45, 7) is 0.566. The number of hydrogen-bond donors (Lipinski definition) is 1. The molecule has 1 saturated heterocycles. The smallest absolute Gasteiger partial charge is 0.295 e. The molecule has 1 heterocycles. The van der Waals surface area contributed by atoms with E-state index in [2.05, 4.69) is 15.9 Å². The number of nitro benzene ring substituents is 1. The Kier molecular flexibility index (Phi) is 4.93. The van der Waals surface area contributed by atoms with Gasteiger partial charge < -0.3 is 10.0 Å². The number of rotatable bonds is 3. The fourth-order valence-corrected chi connectivity index (χ4v) is 2.92. The second-order valence-electron chi connectivity index (χ2n) is 4.89. The number of aliphatic hydroxyl groups excluding tert-OH is 1. The summed E-state index contributed by atoms with van der Waals surface area (Å²) in [5.74, 6) is -0.657. The lowest BCUT2D eigenvalue weighted by atomic mass is 10.1. The second-order valence-corrected chi connectivity index (χ2v) is 5.75. The minimum Gasteiger partial charge on any atom is -0.394 e. The lowest BCUT2D eigenvalue weighted by Gasteiger charge is -2.30. The molecule has 1 aromatic carbocycles. The minimum absolute atomic E-state index is 0.0633. The Balaban J connectivity index is 2.47. The molecule has 20 heavy (non-hydrogen) atoms. The van der Waals surface area contributed by atoms with Crippen molar-refractivity contribution >= 4 is 27.3 Å². The van der Waals surface area contributed by atoms with Gasteiger partial charge in [0.05, 0.1) is 28.1 Å². The summed E-state index contributed by atoms with van der Waals surface area (Å²) < 4.78 is 13.7. The number of hydrogen-bond acceptors (Lipinski definition) is 4. The van der Waals surface area contributed by atoms with Crippen molar-refractivity contribution in [2.45, 2.75) is 31.7 Å². The van der Waals surface area contributed by atoms with E-state index < -0.39 is 10.7 Å². The molecule has 1 unspecified atom stereocenters. The third kappa shape index (κ3) is 3.09. The summed E-state index contributed by atoms with van der Waals surface area (Å²) in [5, 5.41) is 20.6. The van der Waals surface area contributed by atoms with Gasteiger partial charge in [-0.3, -0.25) is 10.1 Å². The van der Waals surface area contributed by atoms with Crippen molar-refractivity contribution in [3.8, 4) is 0 Å². The molecule has 0 aromatic heterocycles. The Labute approximate surface area is 124 Å². The van der Waals surface area contributed by atoms with E-state index in [4.69, 9.17) is 0 Å². The summed E-state index contributed by atoms with van der Waals surface area (Å²) in [7, 11) is 0. The average molecular weight is 347 g/mol. The van der Waals surface area contributed by atoms with E-state index in [0.29, 0.717) is 12.2 Å². The quantitative estimate of drug-likeness (QED) is 0.673. The van der Waals surface area contributed by atoms with Crippen LogP contribution < -0.4 is 4.90 Å². The van der Waals surface area contributed by atoms with Gasteiger partial charge in [0.15, 0.2) is 0 Å². The molecule has 0 amide bonds. The van der Waals surface area contributed by atoms with Crippen LogP contribution in [0.2, 0.25) is 0 Å². The SMILES string of the molecule is O=[N+]([O-])c1cc(F)c(Br)cc1N1CCCCCC1CO. The van der Waals surface area contributed by atoms with Crippen LogP contribution in [0, 0.1) is 15.9 Å². The fourth-order valence-electron chi connectivity index (χ4n) is 2.59. The lowest BCUT2D eigenvalue weighted by molar-refractivity contribution is -0.384. The summed E-state index contributed by atoms with van der Waals surface area (Å²) >= 11 is 3.07. The highest BCUT2D eigenvalue weighted by atomic mass is 79.9. The highest BCUT2D eigenvalue weighted by molar-refractivity contribution is 9.10. The number of benzene rings is 1. The van der Waals surface area contributed by atoms with Crippen LogP contribution in [0.3, 0.4) is 0 Å². The van der Waals surface area contributed by atoms with E-state index in [1.807, 2.05) is 4.90 Å². The van der Waals surface area contributed by atoms with Crippen molar-refractivity contribution in [2.75, 3.05) is 18.1 Å². The molecule has 1 aliphatic rings. The summed E-state index contributed by atoms with van der Waals surface area (Å²) in [6, 6.07) is 2.20. The van der Waals surface area contributed by atoms with Gasteiger partial charge in [-0.05, 0) is 34.8 Å². The third-order valence-corrected chi connectivity index (χ3v) is 4.22. The van der Waals surface area contributed by atoms with Crippen LogP contribution in [-0.4, -0.2) is 29.2 Å². The van der Waals surface area contributed by atoms with Gasteiger partial charge in [0.25, 0.3) is 5.69 Å². The molecule has 1 aromatic rings. The number of aliphatic hydroxyl groups is 1. The first kappa shape index (κ1) is 15.2. The van der Waals surface area contributed by atoms with Gasteiger partial charge in [0.2, 0.25) is 0 Å². The zero-order chi connectivity index (χ0) is 14.7. The van der Waals surface area contributed by atoms with Gasteiger partial charge >= 0.3 is 0 Å². The molecule has 1 aliphatic heterocycles. The van der Waals surface area contributed by atoms with Gasteiger partial charge in [-0.25, -0.2) is 4.39 Å². The molecular formula is C13H16BrFN2O3.